The van der Waals surface area contributed by atoms with Crippen molar-refractivity contribution < 1.29 is 0 Å². The predicted octanol–water partition coefficient (Wildman–Crippen LogP) is 1.77. The molecular weight excluding hydrogens is 168 g/mol. The number of hydrogen-bond acceptors (Lipinski definition) is 3. The molecule has 1 aromatic heterocycles. The lowest BCUT2D eigenvalue weighted by Gasteiger charge is -2.05. The Labute approximate surface area is 76.8 Å². The zero-order valence-corrected chi connectivity index (χ0v) is 7.76. The maximum absolute atomic E-state index is 4.08. The summed E-state index contributed by atoms with van der Waals surface area (Å²) in [6, 6.07) is 4.03. The molecule has 1 aliphatic rings. The number of rotatable bonds is 2. The first-order valence-electron chi connectivity index (χ1n) is 4.29. The van der Waals surface area contributed by atoms with Crippen molar-refractivity contribution >= 4 is 11.8 Å². The number of hydrogen-bond donors (Lipinski definition) is 0. The quantitative estimate of drug-likeness (QED) is 0.693. The summed E-state index contributed by atoms with van der Waals surface area (Å²) in [5.74, 6) is 3.47. The van der Waals surface area contributed by atoms with Crippen LogP contribution in [0.3, 0.4) is 0 Å². The molecule has 0 N–H and O–H groups in total. The molecule has 2 heterocycles. The Morgan fingerprint density at radius 1 is 1.58 bits per heavy atom. The van der Waals surface area contributed by atoms with E-state index in [2.05, 4.69) is 28.0 Å². The van der Waals surface area contributed by atoms with Gasteiger partial charge in [-0.1, -0.05) is 0 Å². The number of thioether (sulfide) groups is 1. The van der Waals surface area contributed by atoms with Crippen molar-refractivity contribution in [1.29, 1.82) is 0 Å². The van der Waals surface area contributed by atoms with Crippen LogP contribution in [0.15, 0.2) is 18.3 Å². The molecule has 1 fully saturated rings. The molecule has 0 radical (unpaired) electrons. The molecular formula is C9H12N2S. The van der Waals surface area contributed by atoms with E-state index >= 15 is 0 Å². The average Bonchev–Trinajstić information content (AvgIpc) is 2.59. The van der Waals surface area contributed by atoms with Crippen molar-refractivity contribution in [2.75, 3.05) is 11.5 Å². The van der Waals surface area contributed by atoms with Gasteiger partial charge in [0.1, 0.15) is 0 Å². The molecule has 2 rings (SSSR count). The Morgan fingerprint density at radius 3 is 3.25 bits per heavy atom. The highest BCUT2D eigenvalue weighted by Gasteiger charge is 2.16. The van der Waals surface area contributed by atoms with Crippen molar-refractivity contribution in [2.24, 2.45) is 5.92 Å². The molecule has 0 bridgehead atoms. The molecule has 2 nitrogen and oxygen atoms in total. The van der Waals surface area contributed by atoms with Gasteiger partial charge in [-0.05, 0) is 42.4 Å². The first kappa shape index (κ1) is 8.05. The standard InChI is InChI=1S/C9H12N2S/c1-2-9(11-10-4-1)6-8-3-5-12-7-8/h1-2,4,8H,3,5-7H2. The lowest BCUT2D eigenvalue weighted by molar-refractivity contribution is 0.582. The molecule has 64 valence electrons. The second kappa shape index (κ2) is 3.90. The highest BCUT2D eigenvalue weighted by molar-refractivity contribution is 7.99. The van der Waals surface area contributed by atoms with Crippen molar-refractivity contribution in [3.8, 4) is 0 Å². The molecule has 1 aliphatic heterocycles. The third-order valence-corrected chi connectivity index (χ3v) is 3.38. The molecule has 1 atom stereocenters. The van der Waals surface area contributed by atoms with E-state index in [1.807, 2.05) is 6.07 Å². The van der Waals surface area contributed by atoms with Crippen LogP contribution in [0.4, 0.5) is 0 Å². The second-order valence-corrected chi connectivity index (χ2v) is 4.30. The summed E-state index contributed by atoms with van der Waals surface area (Å²) in [7, 11) is 0. The van der Waals surface area contributed by atoms with Crippen LogP contribution in [0.1, 0.15) is 12.1 Å². The average molecular weight is 180 g/mol. The Bertz CT molecular complexity index is 232. The van der Waals surface area contributed by atoms with Crippen LogP contribution in [-0.4, -0.2) is 21.7 Å². The van der Waals surface area contributed by atoms with Gasteiger partial charge >= 0.3 is 0 Å². The van der Waals surface area contributed by atoms with Gasteiger partial charge in [-0.2, -0.15) is 22.0 Å². The van der Waals surface area contributed by atoms with Crippen molar-refractivity contribution in [3.05, 3.63) is 24.0 Å². The summed E-state index contributed by atoms with van der Waals surface area (Å²) < 4.78 is 0. The minimum atomic E-state index is 0.840. The summed E-state index contributed by atoms with van der Waals surface area (Å²) in [6.07, 6.45) is 4.19. The minimum absolute atomic E-state index is 0.840. The zero-order chi connectivity index (χ0) is 8.23. The van der Waals surface area contributed by atoms with Crippen molar-refractivity contribution in [1.82, 2.24) is 10.2 Å². The molecule has 0 saturated carbocycles. The summed E-state index contributed by atoms with van der Waals surface area (Å²) in [6.45, 7) is 0. The monoisotopic (exact) mass is 180 g/mol. The van der Waals surface area contributed by atoms with Crippen LogP contribution < -0.4 is 0 Å². The lowest BCUT2D eigenvalue weighted by atomic mass is 10.0. The summed E-state index contributed by atoms with van der Waals surface area (Å²) in [5.41, 5.74) is 1.14. The Kier molecular flexibility index (Phi) is 2.61. The Morgan fingerprint density at radius 2 is 2.58 bits per heavy atom. The van der Waals surface area contributed by atoms with Crippen molar-refractivity contribution in [3.63, 3.8) is 0 Å². The predicted molar refractivity (Wildman–Crippen MR) is 51.2 cm³/mol. The van der Waals surface area contributed by atoms with E-state index < -0.39 is 0 Å². The highest BCUT2D eigenvalue weighted by Crippen LogP contribution is 2.25. The van der Waals surface area contributed by atoms with Gasteiger partial charge in [0, 0.05) is 6.20 Å². The number of nitrogens with zero attached hydrogens (tertiary/aromatic N) is 2. The molecule has 0 amide bonds. The topological polar surface area (TPSA) is 25.8 Å². The maximum Gasteiger partial charge on any atom is 0.0634 e. The third-order valence-electron chi connectivity index (χ3n) is 2.15. The highest BCUT2D eigenvalue weighted by atomic mass is 32.2. The first-order valence-corrected chi connectivity index (χ1v) is 5.45. The lowest BCUT2D eigenvalue weighted by Crippen LogP contribution is -2.04. The van der Waals surface area contributed by atoms with Gasteiger partial charge in [0.25, 0.3) is 0 Å². The van der Waals surface area contributed by atoms with E-state index in [0.717, 1.165) is 18.0 Å². The van der Waals surface area contributed by atoms with E-state index in [4.69, 9.17) is 0 Å². The van der Waals surface area contributed by atoms with Crippen LogP contribution in [0.25, 0.3) is 0 Å². The number of aromatic nitrogens is 2. The van der Waals surface area contributed by atoms with E-state index in [9.17, 15) is 0 Å². The fourth-order valence-corrected chi connectivity index (χ4v) is 2.77. The minimum Gasteiger partial charge on any atom is -0.162 e. The summed E-state index contributed by atoms with van der Waals surface area (Å²) >= 11 is 2.05. The molecule has 1 unspecified atom stereocenters. The second-order valence-electron chi connectivity index (χ2n) is 3.15. The van der Waals surface area contributed by atoms with Crippen LogP contribution in [0.2, 0.25) is 0 Å². The van der Waals surface area contributed by atoms with Crippen LogP contribution in [0, 0.1) is 5.92 Å². The molecule has 0 spiro atoms. The van der Waals surface area contributed by atoms with Gasteiger partial charge in [0.15, 0.2) is 0 Å². The smallest absolute Gasteiger partial charge is 0.0634 e. The van der Waals surface area contributed by atoms with Crippen LogP contribution >= 0.6 is 11.8 Å². The molecule has 1 saturated heterocycles. The van der Waals surface area contributed by atoms with Gasteiger partial charge in [-0.15, -0.1) is 0 Å². The zero-order valence-electron chi connectivity index (χ0n) is 6.94. The molecule has 3 heteroatoms. The largest absolute Gasteiger partial charge is 0.162 e. The van der Waals surface area contributed by atoms with Gasteiger partial charge in [0.2, 0.25) is 0 Å². The van der Waals surface area contributed by atoms with Gasteiger partial charge < -0.3 is 0 Å². The molecule has 1 aromatic rings. The Balaban J connectivity index is 1.94. The van der Waals surface area contributed by atoms with Gasteiger partial charge in [-0.25, -0.2) is 0 Å². The third kappa shape index (κ3) is 1.97. The van der Waals surface area contributed by atoms with E-state index in [-0.39, 0.29) is 0 Å². The van der Waals surface area contributed by atoms with Crippen LogP contribution in [0.5, 0.6) is 0 Å². The van der Waals surface area contributed by atoms with E-state index in [0.29, 0.717) is 0 Å². The van der Waals surface area contributed by atoms with Crippen LogP contribution in [-0.2, 0) is 6.42 Å². The van der Waals surface area contributed by atoms with Crippen molar-refractivity contribution in [2.45, 2.75) is 12.8 Å². The van der Waals surface area contributed by atoms with E-state index in [1.165, 1.54) is 17.9 Å². The van der Waals surface area contributed by atoms with E-state index in [1.54, 1.807) is 6.20 Å². The fraction of sp³-hybridized carbons (Fsp3) is 0.556. The summed E-state index contributed by atoms with van der Waals surface area (Å²) in [5, 5.41) is 7.95. The molecule has 12 heavy (non-hydrogen) atoms. The SMILES string of the molecule is c1cnnc(CC2CCSC2)c1. The summed E-state index contributed by atoms with van der Waals surface area (Å²) in [4.78, 5) is 0. The molecule has 0 aromatic carbocycles. The maximum atomic E-state index is 4.08. The fourth-order valence-electron chi connectivity index (χ4n) is 1.48. The van der Waals surface area contributed by atoms with Gasteiger partial charge in [0.05, 0.1) is 5.69 Å². The normalized spacial score (nSPS) is 22.8. The van der Waals surface area contributed by atoms with Gasteiger partial charge in [-0.3, -0.25) is 0 Å². The molecule has 0 aliphatic carbocycles. The Hall–Kier alpha value is -0.570. The first-order chi connectivity index (χ1) is 5.95.